The summed E-state index contributed by atoms with van der Waals surface area (Å²) in [4.78, 5) is 11.3. The van der Waals surface area contributed by atoms with Crippen molar-refractivity contribution in [3.8, 4) is 0 Å². The van der Waals surface area contributed by atoms with E-state index < -0.39 is 10.0 Å². The van der Waals surface area contributed by atoms with Crippen LogP contribution in [-0.2, 0) is 10.0 Å². The number of carbonyl (C=O) groups excluding carboxylic acids is 1. The normalized spacial score (nSPS) is 12.8. The van der Waals surface area contributed by atoms with Crippen LogP contribution in [-0.4, -0.2) is 20.7 Å². The summed E-state index contributed by atoms with van der Waals surface area (Å²) in [5, 5.41) is 0. The van der Waals surface area contributed by atoms with Crippen LogP contribution < -0.4 is 4.72 Å². The molecule has 2 aromatic carbocycles. The zero-order chi connectivity index (χ0) is 17.0. The average Bonchev–Trinajstić information content (AvgIpc) is 2.53. The molecule has 0 radical (unpaired) electrons. The van der Waals surface area contributed by atoms with Gasteiger partial charge in [0.2, 0.25) is 10.0 Å². The van der Waals surface area contributed by atoms with E-state index in [4.69, 9.17) is 0 Å². The zero-order valence-electron chi connectivity index (χ0n) is 12.9. The van der Waals surface area contributed by atoms with Crippen LogP contribution in [0.15, 0.2) is 53.4 Å². The number of ketones is 1. The molecule has 0 heterocycles. The Kier molecular flexibility index (Phi) is 5.73. The minimum absolute atomic E-state index is 0.00254. The molecule has 0 bridgehead atoms. The molecule has 0 aliphatic heterocycles. The highest BCUT2D eigenvalue weighted by atomic mass is 79.9. The minimum atomic E-state index is -3.54. The molecule has 1 unspecified atom stereocenters. The molecule has 0 spiro atoms. The lowest BCUT2D eigenvalue weighted by atomic mass is 10.1. The number of alkyl halides is 1. The van der Waals surface area contributed by atoms with Gasteiger partial charge in [-0.1, -0.05) is 57.9 Å². The van der Waals surface area contributed by atoms with Gasteiger partial charge in [0.05, 0.1) is 9.72 Å². The van der Waals surface area contributed by atoms with E-state index in [1.807, 2.05) is 19.1 Å². The Balaban J connectivity index is 2.04. The van der Waals surface area contributed by atoms with E-state index in [1.165, 1.54) is 6.92 Å². The standard InChI is InChI=1S/C17H18BrNO3S/c1-12-3-9-16(10-4-12)23(21,22)19-11-17(18)15-7-5-14(6-8-15)13(2)20/h3-10,17,19H,11H2,1-2H3. The van der Waals surface area contributed by atoms with Gasteiger partial charge in [-0.3, -0.25) is 4.79 Å². The Hall–Kier alpha value is -1.50. The van der Waals surface area contributed by atoms with Gasteiger partial charge in [-0.25, -0.2) is 13.1 Å². The first kappa shape index (κ1) is 17.8. The van der Waals surface area contributed by atoms with Gasteiger partial charge in [0.25, 0.3) is 0 Å². The molecule has 0 saturated heterocycles. The van der Waals surface area contributed by atoms with Crippen molar-refractivity contribution in [2.75, 3.05) is 6.54 Å². The number of hydrogen-bond acceptors (Lipinski definition) is 3. The van der Waals surface area contributed by atoms with E-state index in [-0.39, 0.29) is 22.1 Å². The Morgan fingerprint density at radius 3 is 2.17 bits per heavy atom. The van der Waals surface area contributed by atoms with Crippen LogP contribution in [0.3, 0.4) is 0 Å². The van der Waals surface area contributed by atoms with E-state index in [0.717, 1.165) is 11.1 Å². The van der Waals surface area contributed by atoms with Crippen molar-refractivity contribution >= 4 is 31.7 Å². The monoisotopic (exact) mass is 395 g/mol. The lowest BCUT2D eigenvalue weighted by molar-refractivity contribution is 0.101. The third-order valence-electron chi connectivity index (χ3n) is 3.46. The van der Waals surface area contributed by atoms with Crippen molar-refractivity contribution in [2.45, 2.75) is 23.6 Å². The van der Waals surface area contributed by atoms with E-state index in [0.29, 0.717) is 5.56 Å². The first-order valence-electron chi connectivity index (χ1n) is 7.11. The second kappa shape index (κ2) is 7.38. The number of hydrogen-bond donors (Lipinski definition) is 1. The molecular weight excluding hydrogens is 378 g/mol. The summed E-state index contributed by atoms with van der Waals surface area (Å²) in [7, 11) is -3.54. The van der Waals surface area contributed by atoms with Gasteiger partial charge in [-0.05, 0) is 31.5 Å². The molecule has 1 N–H and O–H groups in total. The van der Waals surface area contributed by atoms with Crippen LogP contribution in [0, 0.1) is 6.92 Å². The van der Waals surface area contributed by atoms with Gasteiger partial charge in [-0.2, -0.15) is 0 Å². The zero-order valence-corrected chi connectivity index (χ0v) is 15.3. The predicted molar refractivity (Wildman–Crippen MR) is 94.5 cm³/mol. The number of carbonyl (C=O) groups is 1. The van der Waals surface area contributed by atoms with Gasteiger partial charge < -0.3 is 0 Å². The third kappa shape index (κ3) is 4.73. The first-order chi connectivity index (χ1) is 10.8. The van der Waals surface area contributed by atoms with Gasteiger partial charge in [-0.15, -0.1) is 0 Å². The van der Waals surface area contributed by atoms with E-state index in [1.54, 1.807) is 36.4 Å². The largest absolute Gasteiger partial charge is 0.295 e. The molecule has 2 aromatic rings. The number of aryl methyl sites for hydroxylation is 1. The molecule has 6 heteroatoms. The lowest BCUT2D eigenvalue weighted by Crippen LogP contribution is -2.27. The fourth-order valence-corrected chi connectivity index (χ4v) is 3.76. The summed E-state index contributed by atoms with van der Waals surface area (Å²) in [5.74, 6) is 0.00254. The lowest BCUT2D eigenvalue weighted by Gasteiger charge is -2.12. The second-order valence-electron chi connectivity index (χ2n) is 5.31. The maximum atomic E-state index is 12.2. The topological polar surface area (TPSA) is 63.2 Å². The summed E-state index contributed by atoms with van der Waals surface area (Å²) >= 11 is 3.47. The van der Waals surface area contributed by atoms with E-state index in [2.05, 4.69) is 20.7 Å². The Bertz CT molecular complexity index is 784. The predicted octanol–water partition coefficient (Wildman–Crippen LogP) is 3.61. The highest BCUT2D eigenvalue weighted by Gasteiger charge is 2.16. The molecule has 23 heavy (non-hydrogen) atoms. The van der Waals surface area contributed by atoms with E-state index in [9.17, 15) is 13.2 Å². The molecular formula is C17H18BrNO3S. The van der Waals surface area contributed by atoms with Gasteiger partial charge >= 0.3 is 0 Å². The number of halogens is 1. The summed E-state index contributed by atoms with van der Waals surface area (Å²) in [5.41, 5.74) is 2.54. The Labute approximate surface area is 145 Å². The molecule has 4 nitrogen and oxygen atoms in total. The molecule has 0 amide bonds. The van der Waals surface area contributed by atoms with Gasteiger partial charge in [0.15, 0.2) is 5.78 Å². The molecule has 1 atom stereocenters. The quantitative estimate of drug-likeness (QED) is 0.599. The van der Waals surface area contributed by atoms with Gasteiger partial charge in [0.1, 0.15) is 0 Å². The van der Waals surface area contributed by atoms with Crippen LogP contribution in [0.5, 0.6) is 0 Å². The van der Waals surface area contributed by atoms with Crippen LogP contribution in [0.4, 0.5) is 0 Å². The van der Waals surface area contributed by atoms with Crippen molar-refractivity contribution in [2.24, 2.45) is 0 Å². The summed E-state index contributed by atoms with van der Waals surface area (Å²) < 4.78 is 27.1. The maximum absolute atomic E-state index is 12.2. The molecule has 2 rings (SSSR count). The molecule has 122 valence electrons. The second-order valence-corrected chi connectivity index (χ2v) is 8.18. The SMILES string of the molecule is CC(=O)c1ccc(C(Br)CNS(=O)(=O)c2ccc(C)cc2)cc1. The summed E-state index contributed by atoms with van der Waals surface area (Å²) in [6.07, 6.45) is 0. The number of benzene rings is 2. The Morgan fingerprint density at radius 1 is 1.09 bits per heavy atom. The number of sulfonamides is 1. The van der Waals surface area contributed by atoms with Crippen molar-refractivity contribution < 1.29 is 13.2 Å². The van der Waals surface area contributed by atoms with E-state index >= 15 is 0 Å². The van der Waals surface area contributed by atoms with Crippen molar-refractivity contribution in [3.05, 3.63) is 65.2 Å². The Morgan fingerprint density at radius 2 is 1.65 bits per heavy atom. The van der Waals surface area contributed by atoms with Gasteiger partial charge in [0, 0.05) is 12.1 Å². The summed E-state index contributed by atoms with van der Waals surface area (Å²) in [6.45, 7) is 3.63. The maximum Gasteiger partial charge on any atom is 0.240 e. The van der Waals surface area contributed by atoms with Crippen molar-refractivity contribution in [3.63, 3.8) is 0 Å². The fraction of sp³-hybridized carbons (Fsp3) is 0.235. The number of rotatable bonds is 6. The number of nitrogens with one attached hydrogen (secondary N) is 1. The highest BCUT2D eigenvalue weighted by molar-refractivity contribution is 9.09. The molecule has 0 aliphatic rings. The highest BCUT2D eigenvalue weighted by Crippen LogP contribution is 2.23. The molecule has 0 fully saturated rings. The van der Waals surface area contributed by atoms with Crippen LogP contribution in [0.25, 0.3) is 0 Å². The van der Waals surface area contributed by atoms with Crippen LogP contribution in [0.2, 0.25) is 0 Å². The fourth-order valence-electron chi connectivity index (χ4n) is 2.03. The van der Waals surface area contributed by atoms with Crippen molar-refractivity contribution in [1.82, 2.24) is 4.72 Å². The molecule has 0 aliphatic carbocycles. The molecule has 0 saturated carbocycles. The third-order valence-corrected chi connectivity index (χ3v) is 5.75. The smallest absolute Gasteiger partial charge is 0.240 e. The minimum Gasteiger partial charge on any atom is -0.295 e. The van der Waals surface area contributed by atoms with Crippen LogP contribution in [0.1, 0.15) is 33.2 Å². The van der Waals surface area contributed by atoms with Crippen LogP contribution >= 0.6 is 15.9 Å². The van der Waals surface area contributed by atoms with Crippen molar-refractivity contribution in [1.29, 1.82) is 0 Å². The first-order valence-corrected chi connectivity index (χ1v) is 9.51. The molecule has 0 aromatic heterocycles. The number of Topliss-reactive ketones (excluding diaryl/α,β-unsaturated/α-hetero) is 1. The summed E-state index contributed by atoms with van der Waals surface area (Å²) in [6, 6.07) is 13.8. The average molecular weight is 396 g/mol.